The predicted molar refractivity (Wildman–Crippen MR) is 57.0 cm³/mol. The molecule has 0 atom stereocenters. The number of nitrogens with zero attached hydrogens (tertiary/aromatic N) is 1. The number of hydrogen-bond donors (Lipinski definition) is 1. The van der Waals surface area contributed by atoms with Gasteiger partial charge in [0.2, 0.25) is 0 Å². The molecule has 1 N–H and O–H groups in total. The fourth-order valence-corrected chi connectivity index (χ4v) is 1.40. The first-order valence-electron chi connectivity index (χ1n) is 4.85. The van der Waals surface area contributed by atoms with Crippen LogP contribution in [0.2, 0.25) is 0 Å². The van der Waals surface area contributed by atoms with Crippen molar-refractivity contribution in [2.45, 2.75) is 6.36 Å². The van der Waals surface area contributed by atoms with Gasteiger partial charge in [-0.1, -0.05) is 12.1 Å². The lowest BCUT2D eigenvalue weighted by atomic mass is 10.1. The standard InChI is InChI=1S/C11H7F3N2O2/c12-11(13,14)18-8-3-1-2-7(6-8)9-10(17)16-5-4-15-9/h1-6H,(H,16,17). The van der Waals surface area contributed by atoms with E-state index in [1.165, 1.54) is 24.5 Å². The molecule has 0 radical (unpaired) electrons. The van der Waals surface area contributed by atoms with Crippen LogP contribution in [-0.2, 0) is 0 Å². The Morgan fingerprint density at radius 2 is 2.06 bits per heavy atom. The number of aromatic amines is 1. The van der Waals surface area contributed by atoms with Crippen molar-refractivity contribution in [2.24, 2.45) is 0 Å². The highest BCUT2D eigenvalue weighted by Gasteiger charge is 2.31. The summed E-state index contributed by atoms with van der Waals surface area (Å²) in [5, 5.41) is 0. The van der Waals surface area contributed by atoms with Gasteiger partial charge in [-0.2, -0.15) is 0 Å². The van der Waals surface area contributed by atoms with E-state index in [-0.39, 0.29) is 11.3 Å². The third kappa shape index (κ3) is 2.88. The number of nitrogens with one attached hydrogen (secondary N) is 1. The molecule has 0 aliphatic carbocycles. The summed E-state index contributed by atoms with van der Waals surface area (Å²) in [7, 11) is 0. The van der Waals surface area contributed by atoms with Crippen LogP contribution in [0.15, 0.2) is 41.5 Å². The molecule has 0 aliphatic heterocycles. The fraction of sp³-hybridized carbons (Fsp3) is 0.0909. The number of aromatic nitrogens is 2. The molecule has 0 saturated heterocycles. The second-order valence-corrected chi connectivity index (χ2v) is 3.34. The number of ether oxygens (including phenoxy) is 1. The maximum absolute atomic E-state index is 12.0. The molecular weight excluding hydrogens is 249 g/mol. The van der Waals surface area contributed by atoms with Crippen molar-refractivity contribution in [3.05, 3.63) is 47.0 Å². The zero-order valence-corrected chi connectivity index (χ0v) is 8.86. The zero-order valence-electron chi connectivity index (χ0n) is 8.86. The lowest BCUT2D eigenvalue weighted by molar-refractivity contribution is -0.274. The first kappa shape index (κ1) is 12.2. The van der Waals surface area contributed by atoms with Crippen LogP contribution >= 0.6 is 0 Å². The van der Waals surface area contributed by atoms with Crippen LogP contribution in [0.25, 0.3) is 11.3 Å². The van der Waals surface area contributed by atoms with Crippen LogP contribution in [0, 0.1) is 0 Å². The highest BCUT2D eigenvalue weighted by Crippen LogP contribution is 2.25. The van der Waals surface area contributed by atoms with E-state index in [9.17, 15) is 18.0 Å². The van der Waals surface area contributed by atoms with Crippen LogP contribution in [0.5, 0.6) is 5.75 Å². The van der Waals surface area contributed by atoms with Gasteiger partial charge in [0.25, 0.3) is 5.56 Å². The second kappa shape index (κ2) is 4.52. The predicted octanol–water partition coefficient (Wildman–Crippen LogP) is 2.34. The van der Waals surface area contributed by atoms with Crippen molar-refractivity contribution in [3.8, 4) is 17.0 Å². The fourth-order valence-electron chi connectivity index (χ4n) is 1.40. The molecule has 2 rings (SSSR count). The Hall–Kier alpha value is -2.31. The van der Waals surface area contributed by atoms with E-state index in [1.54, 1.807) is 0 Å². The van der Waals surface area contributed by atoms with E-state index >= 15 is 0 Å². The van der Waals surface area contributed by atoms with Crippen molar-refractivity contribution >= 4 is 0 Å². The molecule has 1 heterocycles. The zero-order chi connectivity index (χ0) is 13.2. The van der Waals surface area contributed by atoms with E-state index in [0.717, 1.165) is 12.1 Å². The second-order valence-electron chi connectivity index (χ2n) is 3.34. The van der Waals surface area contributed by atoms with Gasteiger partial charge < -0.3 is 9.72 Å². The third-order valence-electron chi connectivity index (χ3n) is 2.05. The number of benzene rings is 1. The lowest BCUT2D eigenvalue weighted by Gasteiger charge is -2.09. The topological polar surface area (TPSA) is 55.0 Å². The summed E-state index contributed by atoms with van der Waals surface area (Å²) in [5.74, 6) is -0.398. The molecule has 0 bridgehead atoms. The van der Waals surface area contributed by atoms with Crippen LogP contribution in [0.4, 0.5) is 13.2 Å². The number of hydrogen-bond acceptors (Lipinski definition) is 3. The minimum Gasteiger partial charge on any atom is -0.406 e. The van der Waals surface area contributed by atoms with Crippen molar-refractivity contribution in [3.63, 3.8) is 0 Å². The average molecular weight is 256 g/mol. The summed E-state index contributed by atoms with van der Waals surface area (Å²) >= 11 is 0. The molecule has 0 spiro atoms. The summed E-state index contributed by atoms with van der Waals surface area (Å²) in [5.41, 5.74) is -0.203. The number of halogens is 3. The van der Waals surface area contributed by atoms with Crippen LogP contribution in [0.3, 0.4) is 0 Å². The van der Waals surface area contributed by atoms with E-state index in [4.69, 9.17) is 0 Å². The summed E-state index contributed by atoms with van der Waals surface area (Å²) in [6, 6.07) is 5.07. The van der Waals surface area contributed by atoms with E-state index in [0.29, 0.717) is 0 Å². The van der Waals surface area contributed by atoms with E-state index in [2.05, 4.69) is 14.7 Å². The Morgan fingerprint density at radius 1 is 1.28 bits per heavy atom. The first-order valence-corrected chi connectivity index (χ1v) is 4.85. The molecule has 4 nitrogen and oxygen atoms in total. The molecule has 0 fully saturated rings. The van der Waals surface area contributed by atoms with Gasteiger partial charge in [0.1, 0.15) is 11.4 Å². The molecule has 94 valence electrons. The van der Waals surface area contributed by atoms with E-state index in [1.807, 2.05) is 0 Å². The molecule has 2 aromatic rings. The SMILES string of the molecule is O=c1[nH]ccnc1-c1cccc(OC(F)(F)F)c1. The van der Waals surface area contributed by atoms with Gasteiger partial charge in [0.15, 0.2) is 0 Å². The van der Waals surface area contributed by atoms with Crippen molar-refractivity contribution in [1.82, 2.24) is 9.97 Å². The average Bonchev–Trinajstić information content (AvgIpc) is 2.27. The van der Waals surface area contributed by atoms with Crippen LogP contribution in [-0.4, -0.2) is 16.3 Å². The maximum Gasteiger partial charge on any atom is 0.573 e. The summed E-state index contributed by atoms with van der Waals surface area (Å²) < 4.78 is 39.9. The molecule has 7 heteroatoms. The van der Waals surface area contributed by atoms with Gasteiger partial charge in [-0.15, -0.1) is 13.2 Å². The molecule has 0 amide bonds. The summed E-state index contributed by atoms with van der Waals surface area (Å²) in [6.45, 7) is 0. The van der Waals surface area contributed by atoms with E-state index < -0.39 is 17.7 Å². The summed E-state index contributed by atoms with van der Waals surface area (Å²) in [6.07, 6.45) is -2.09. The Balaban J connectivity index is 2.39. The summed E-state index contributed by atoms with van der Waals surface area (Å²) in [4.78, 5) is 17.6. The van der Waals surface area contributed by atoms with Crippen molar-refractivity contribution < 1.29 is 17.9 Å². The maximum atomic E-state index is 12.0. The van der Waals surface area contributed by atoms with Gasteiger partial charge in [0, 0.05) is 18.0 Å². The molecule has 0 aliphatic rings. The van der Waals surface area contributed by atoms with Crippen LogP contribution < -0.4 is 10.3 Å². The third-order valence-corrected chi connectivity index (χ3v) is 2.05. The Labute approximate surface area is 99.1 Å². The molecule has 1 aromatic heterocycles. The Morgan fingerprint density at radius 3 is 2.72 bits per heavy atom. The lowest BCUT2D eigenvalue weighted by Crippen LogP contribution is -2.17. The Kier molecular flexibility index (Phi) is 3.05. The molecule has 0 unspecified atom stereocenters. The van der Waals surface area contributed by atoms with Gasteiger partial charge in [-0.3, -0.25) is 4.79 Å². The largest absolute Gasteiger partial charge is 0.573 e. The highest BCUT2D eigenvalue weighted by atomic mass is 19.4. The van der Waals surface area contributed by atoms with Gasteiger partial charge in [-0.25, -0.2) is 4.98 Å². The quantitative estimate of drug-likeness (QED) is 0.897. The van der Waals surface area contributed by atoms with Gasteiger partial charge in [0.05, 0.1) is 0 Å². The van der Waals surface area contributed by atoms with Crippen molar-refractivity contribution in [1.29, 1.82) is 0 Å². The Bertz CT molecular complexity index is 607. The monoisotopic (exact) mass is 256 g/mol. The normalized spacial score (nSPS) is 11.3. The molecule has 1 aromatic carbocycles. The van der Waals surface area contributed by atoms with Gasteiger partial charge in [-0.05, 0) is 12.1 Å². The molecule has 18 heavy (non-hydrogen) atoms. The number of H-pyrrole nitrogens is 1. The van der Waals surface area contributed by atoms with Crippen molar-refractivity contribution in [2.75, 3.05) is 0 Å². The molecular formula is C11H7F3N2O2. The minimum atomic E-state index is -4.77. The smallest absolute Gasteiger partial charge is 0.406 e. The number of alkyl halides is 3. The first-order chi connectivity index (χ1) is 8.46. The number of rotatable bonds is 2. The van der Waals surface area contributed by atoms with Crippen LogP contribution in [0.1, 0.15) is 0 Å². The minimum absolute atomic E-state index is 0.0325. The van der Waals surface area contributed by atoms with Gasteiger partial charge >= 0.3 is 6.36 Å². The molecule has 0 saturated carbocycles. The highest BCUT2D eigenvalue weighted by molar-refractivity contribution is 5.59.